The standard InChI is InChI=1S/C25H36P2/c1-6-26(7-2)25-18-12-15-22(25)21(5)27(23-16-10-8-13-19(23)3)24-17-11-9-14-20(24)4/h8-11,13-14,16-17,21-22,25H,6-7,12,15,18H2,1-5H3/t21?,22-,25-/m0/s1. The molecule has 0 N–H and O–H groups in total. The molecule has 0 spiro atoms. The summed E-state index contributed by atoms with van der Waals surface area (Å²) in [5.74, 6) is 0.904. The minimum Gasteiger partial charge on any atom is -0.104 e. The van der Waals surface area contributed by atoms with Crippen LogP contribution in [0.15, 0.2) is 48.5 Å². The number of hydrogen-bond donors (Lipinski definition) is 0. The first kappa shape index (κ1) is 21.0. The molecule has 3 rings (SSSR count). The quantitative estimate of drug-likeness (QED) is 0.449. The summed E-state index contributed by atoms with van der Waals surface area (Å²) in [4.78, 5) is 0. The van der Waals surface area contributed by atoms with Crippen molar-refractivity contribution < 1.29 is 0 Å². The van der Waals surface area contributed by atoms with E-state index in [2.05, 4.69) is 83.1 Å². The zero-order valence-corrected chi connectivity index (χ0v) is 19.6. The van der Waals surface area contributed by atoms with Crippen molar-refractivity contribution in [2.24, 2.45) is 5.92 Å². The molecule has 0 nitrogen and oxygen atoms in total. The molecule has 1 aliphatic carbocycles. The summed E-state index contributed by atoms with van der Waals surface area (Å²) in [6.07, 6.45) is 7.19. The Labute approximate surface area is 169 Å². The highest BCUT2D eigenvalue weighted by atomic mass is 31.1. The zero-order valence-electron chi connectivity index (χ0n) is 17.8. The summed E-state index contributed by atoms with van der Waals surface area (Å²) in [5, 5.41) is 3.22. The van der Waals surface area contributed by atoms with E-state index in [1.807, 2.05) is 0 Å². The van der Waals surface area contributed by atoms with Crippen LogP contribution in [-0.4, -0.2) is 23.6 Å². The molecule has 146 valence electrons. The normalized spacial score (nSPS) is 21.1. The number of aryl methyl sites for hydroxylation is 2. The molecule has 0 aromatic heterocycles. The van der Waals surface area contributed by atoms with E-state index in [9.17, 15) is 0 Å². The van der Waals surface area contributed by atoms with Crippen molar-refractivity contribution in [3.8, 4) is 0 Å². The maximum atomic E-state index is 2.59. The van der Waals surface area contributed by atoms with E-state index in [0.29, 0.717) is 0 Å². The highest BCUT2D eigenvalue weighted by molar-refractivity contribution is 7.73. The SMILES string of the molecule is CCP(CC)[C@H]1CCC[C@H]1C(C)P(c1ccccc1C)c1ccccc1C. The van der Waals surface area contributed by atoms with Crippen molar-refractivity contribution in [2.45, 2.75) is 65.2 Å². The molecule has 27 heavy (non-hydrogen) atoms. The topological polar surface area (TPSA) is 0 Å². The van der Waals surface area contributed by atoms with Gasteiger partial charge in [0, 0.05) is 0 Å². The maximum Gasteiger partial charge on any atom is -0.0123 e. The Hall–Kier alpha value is -0.700. The van der Waals surface area contributed by atoms with Crippen LogP contribution in [0.5, 0.6) is 0 Å². The van der Waals surface area contributed by atoms with Crippen LogP contribution < -0.4 is 10.6 Å². The lowest BCUT2D eigenvalue weighted by atomic mass is 10.0. The molecule has 0 radical (unpaired) electrons. The summed E-state index contributed by atoms with van der Waals surface area (Å²) in [7, 11) is -0.112. The summed E-state index contributed by atoms with van der Waals surface area (Å²) >= 11 is 0. The van der Waals surface area contributed by atoms with Crippen LogP contribution in [0.1, 0.15) is 51.2 Å². The van der Waals surface area contributed by atoms with Crippen LogP contribution in [-0.2, 0) is 0 Å². The van der Waals surface area contributed by atoms with Gasteiger partial charge in [0.25, 0.3) is 0 Å². The summed E-state index contributed by atoms with van der Waals surface area (Å²) in [6.45, 7) is 12.1. The van der Waals surface area contributed by atoms with Crippen molar-refractivity contribution in [1.29, 1.82) is 0 Å². The van der Waals surface area contributed by atoms with Gasteiger partial charge in [0.2, 0.25) is 0 Å². The van der Waals surface area contributed by atoms with Gasteiger partial charge in [0.1, 0.15) is 0 Å². The van der Waals surface area contributed by atoms with Crippen molar-refractivity contribution in [3.05, 3.63) is 59.7 Å². The van der Waals surface area contributed by atoms with Gasteiger partial charge in [-0.3, -0.25) is 0 Å². The van der Waals surface area contributed by atoms with Gasteiger partial charge in [-0.05, 0) is 85.9 Å². The van der Waals surface area contributed by atoms with Gasteiger partial charge in [0.05, 0.1) is 0 Å². The maximum absolute atomic E-state index is 2.59. The smallest absolute Gasteiger partial charge is 0.0123 e. The van der Waals surface area contributed by atoms with Gasteiger partial charge in [-0.1, -0.05) is 75.7 Å². The lowest BCUT2D eigenvalue weighted by Crippen LogP contribution is -2.31. The predicted octanol–water partition coefficient (Wildman–Crippen LogP) is 6.82. The number of benzene rings is 2. The Morgan fingerprint density at radius 3 is 1.85 bits per heavy atom. The molecule has 2 heteroatoms. The Bertz CT molecular complexity index is 689. The number of rotatable bonds is 7. The van der Waals surface area contributed by atoms with E-state index < -0.39 is 0 Å². The van der Waals surface area contributed by atoms with Crippen LogP contribution in [0.4, 0.5) is 0 Å². The molecule has 1 saturated carbocycles. The molecule has 0 amide bonds. The Balaban J connectivity index is 2.03. The van der Waals surface area contributed by atoms with Gasteiger partial charge in [-0.25, -0.2) is 0 Å². The third-order valence-electron chi connectivity index (χ3n) is 6.59. The highest BCUT2D eigenvalue weighted by Gasteiger charge is 2.39. The van der Waals surface area contributed by atoms with Gasteiger partial charge in [0.15, 0.2) is 0 Å². The van der Waals surface area contributed by atoms with Gasteiger partial charge in [-0.2, -0.15) is 0 Å². The fourth-order valence-corrected chi connectivity index (χ4v) is 11.4. The minimum atomic E-state index is -0.316. The van der Waals surface area contributed by atoms with Gasteiger partial charge < -0.3 is 0 Å². The Morgan fingerprint density at radius 2 is 1.37 bits per heavy atom. The molecular formula is C25H36P2. The van der Waals surface area contributed by atoms with Crippen molar-refractivity contribution in [3.63, 3.8) is 0 Å². The molecule has 2 aromatic carbocycles. The summed E-state index contributed by atoms with van der Waals surface area (Å²) in [6, 6.07) is 18.3. The number of hydrogen-bond acceptors (Lipinski definition) is 0. The van der Waals surface area contributed by atoms with E-state index in [4.69, 9.17) is 0 Å². The predicted molar refractivity (Wildman–Crippen MR) is 127 cm³/mol. The molecule has 0 bridgehead atoms. The first-order valence-corrected chi connectivity index (χ1v) is 13.9. The van der Waals surface area contributed by atoms with Crippen LogP contribution >= 0.6 is 15.8 Å². The van der Waals surface area contributed by atoms with Crippen LogP contribution in [0, 0.1) is 19.8 Å². The fraction of sp³-hybridized carbons (Fsp3) is 0.520. The molecule has 0 aliphatic heterocycles. The van der Waals surface area contributed by atoms with Crippen LogP contribution in [0.2, 0.25) is 0 Å². The first-order valence-electron chi connectivity index (χ1n) is 10.7. The van der Waals surface area contributed by atoms with E-state index >= 15 is 0 Å². The van der Waals surface area contributed by atoms with Crippen molar-refractivity contribution in [1.82, 2.24) is 0 Å². The second-order valence-electron chi connectivity index (χ2n) is 8.07. The summed E-state index contributed by atoms with van der Waals surface area (Å²) < 4.78 is 0. The van der Waals surface area contributed by atoms with E-state index in [0.717, 1.165) is 17.2 Å². The molecule has 1 aliphatic rings. The average Bonchev–Trinajstić information content (AvgIpc) is 3.15. The van der Waals surface area contributed by atoms with Crippen molar-refractivity contribution >= 4 is 26.5 Å². The monoisotopic (exact) mass is 398 g/mol. The van der Waals surface area contributed by atoms with Gasteiger partial charge in [-0.15, -0.1) is 7.92 Å². The second kappa shape index (κ2) is 9.67. The largest absolute Gasteiger partial charge is 0.104 e. The third-order valence-corrected chi connectivity index (χ3v) is 13.0. The average molecular weight is 399 g/mol. The first-order chi connectivity index (χ1) is 13.1. The molecule has 1 unspecified atom stereocenters. The molecule has 0 saturated heterocycles. The Kier molecular flexibility index (Phi) is 7.53. The summed E-state index contributed by atoms with van der Waals surface area (Å²) in [5.41, 5.74) is 4.70. The van der Waals surface area contributed by atoms with Crippen LogP contribution in [0.25, 0.3) is 0 Å². The van der Waals surface area contributed by atoms with E-state index in [1.165, 1.54) is 42.7 Å². The van der Waals surface area contributed by atoms with Gasteiger partial charge >= 0.3 is 0 Å². The lowest BCUT2D eigenvalue weighted by Gasteiger charge is -2.37. The fourth-order valence-electron chi connectivity index (χ4n) is 5.11. The van der Waals surface area contributed by atoms with E-state index in [1.54, 1.807) is 10.6 Å². The zero-order chi connectivity index (χ0) is 19.4. The second-order valence-corrected chi connectivity index (χ2v) is 13.7. The molecule has 3 atom stereocenters. The van der Waals surface area contributed by atoms with Crippen molar-refractivity contribution in [2.75, 3.05) is 12.3 Å². The molecular weight excluding hydrogens is 362 g/mol. The lowest BCUT2D eigenvalue weighted by molar-refractivity contribution is 0.546. The van der Waals surface area contributed by atoms with E-state index in [-0.39, 0.29) is 15.8 Å². The minimum absolute atomic E-state index is 0.203. The van der Waals surface area contributed by atoms with Crippen LogP contribution in [0.3, 0.4) is 0 Å². The molecule has 1 fully saturated rings. The molecule has 0 heterocycles. The highest BCUT2D eigenvalue weighted by Crippen LogP contribution is 2.57. The molecule has 2 aromatic rings. The Morgan fingerprint density at radius 1 is 0.852 bits per heavy atom. The third kappa shape index (κ3) is 4.49.